The molecule has 0 aromatic carbocycles. The maximum absolute atomic E-state index is 12.3. The van der Waals surface area contributed by atoms with Gasteiger partial charge in [-0.2, -0.15) is 4.98 Å². The summed E-state index contributed by atoms with van der Waals surface area (Å²) in [5, 5.41) is 6.41. The van der Waals surface area contributed by atoms with E-state index in [4.69, 9.17) is 10.3 Å². The van der Waals surface area contributed by atoms with Gasteiger partial charge >= 0.3 is 0 Å². The fourth-order valence-electron chi connectivity index (χ4n) is 2.58. The topological polar surface area (TPSA) is 114 Å². The zero-order chi connectivity index (χ0) is 17.0. The molecule has 2 amide bonds. The van der Waals surface area contributed by atoms with E-state index in [1.54, 1.807) is 11.8 Å². The normalized spacial score (nSPS) is 18.9. The van der Waals surface area contributed by atoms with E-state index in [0.29, 0.717) is 24.8 Å². The van der Waals surface area contributed by atoms with Gasteiger partial charge in [0, 0.05) is 13.1 Å². The number of rotatable bonds is 5. The minimum absolute atomic E-state index is 0. The molecule has 1 aromatic heterocycles. The number of hydrogen-bond donors (Lipinski definition) is 2. The number of nitrogens with one attached hydrogen (secondary N) is 1. The van der Waals surface area contributed by atoms with Crippen molar-refractivity contribution in [3.8, 4) is 0 Å². The van der Waals surface area contributed by atoms with Crippen molar-refractivity contribution in [1.29, 1.82) is 0 Å². The van der Waals surface area contributed by atoms with Crippen molar-refractivity contribution < 1.29 is 14.1 Å². The first-order valence-corrected chi connectivity index (χ1v) is 7.99. The molecule has 1 saturated heterocycles. The van der Waals surface area contributed by atoms with Gasteiger partial charge in [0.05, 0.1) is 18.5 Å². The monoisotopic (exact) mass is 359 g/mol. The molecule has 1 unspecified atom stereocenters. The predicted octanol–water partition coefficient (Wildman–Crippen LogP) is 0.605. The predicted molar refractivity (Wildman–Crippen MR) is 90.7 cm³/mol. The number of aromatic nitrogens is 2. The number of nitrogens with two attached hydrogens (primary N) is 1. The van der Waals surface area contributed by atoms with Gasteiger partial charge < -0.3 is 20.5 Å². The Morgan fingerprint density at radius 2 is 2.17 bits per heavy atom. The SMILES string of the molecule is Cc1noc(C2CCCN(C(=O)CNC(=O)[C@@H](N)C(C)C)C2)n1.Cl. The van der Waals surface area contributed by atoms with Crippen molar-refractivity contribution in [2.75, 3.05) is 19.6 Å². The lowest BCUT2D eigenvalue weighted by molar-refractivity contribution is -0.134. The molecule has 24 heavy (non-hydrogen) atoms. The van der Waals surface area contributed by atoms with Crippen LogP contribution < -0.4 is 11.1 Å². The lowest BCUT2D eigenvalue weighted by Crippen LogP contribution is -2.49. The summed E-state index contributed by atoms with van der Waals surface area (Å²) in [6, 6.07) is -0.599. The number of halogens is 1. The van der Waals surface area contributed by atoms with Crippen molar-refractivity contribution in [2.24, 2.45) is 11.7 Å². The highest BCUT2D eigenvalue weighted by atomic mass is 35.5. The van der Waals surface area contributed by atoms with E-state index >= 15 is 0 Å². The van der Waals surface area contributed by atoms with Crippen LogP contribution in [0.15, 0.2) is 4.52 Å². The standard InChI is InChI=1S/C15H25N5O3.ClH/c1-9(2)13(16)14(22)17-7-12(21)20-6-4-5-11(8-20)15-18-10(3)19-23-15;/h9,11,13H,4-8,16H2,1-3H3,(H,17,22);1H/t11?,13-;/m0./s1. The molecule has 1 aromatic rings. The van der Waals surface area contributed by atoms with E-state index in [0.717, 1.165) is 12.8 Å². The molecule has 2 heterocycles. The number of aryl methyl sites for hydroxylation is 1. The summed E-state index contributed by atoms with van der Waals surface area (Å²) in [5.74, 6) is 0.849. The quantitative estimate of drug-likeness (QED) is 0.795. The number of piperidine rings is 1. The highest BCUT2D eigenvalue weighted by Crippen LogP contribution is 2.25. The minimum atomic E-state index is -0.599. The Balaban J connectivity index is 0.00000288. The maximum atomic E-state index is 12.3. The van der Waals surface area contributed by atoms with Crippen molar-refractivity contribution in [1.82, 2.24) is 20.4 Å². The van der Waals surface area contributed by atoms with Crippen LogP contribution in [0.5, 0.6) is 0 Å². The Hall–Kier alpha value is -1.67. The third-order valence-corrected chi connectivity index (χ3v) is 4.10. The van der Waals surface area contributed by atoms with Crippen molar-refractivity contribution in [3.05, 3.63) is 11.7 Å². The molecule has 3 N–H and O–H groups in total. The van der Waals surface area contributed by atoms with Crippen LogP contribution in [0.25, 0.3) is 0 Å². The van der Waals surface area contributed by atoms with Crippen molar-refractivity contribution in [2.45, 2.75) is 45.6 Å². The van der Waals surface area contributed by atoms with Crippen molar-refractivity contribution in [3.63, 3.8) is 0 Å². The average Bonchev–Trinajstić information content (AvgIpc) is 2.98. The van der Waals surface area contributed by atoms with E-state index in [2.05, 4.69) is 15.5 Å². The summed E-state index contributed by atoms with van der Waals surface area (Å²) in [5.41, 5.74) is 5.76. The zero-order valence-electron chi connectivity index (χ0n) is 14.3. The molecule has 0 bridgehead atoms. The lowest BCUT2D eigenvalue weighted by atomic mass is 9.98. The molecule has 9 heteroatoms. The molecule has 1 aliphatic heterocycles. The van der Waals surface area contributed by atoms with Crippen molar-refractivity contribution >= 4 is 24.2 Å². The van der Waals surface area contributed by atoms with E-state index in [1.807, 2.05) is 13.8 Å². The Kier molecular flexibility index (Phi) is 7.62. The van der Waals surface area contributed by atoms with Crippen LogP contribution in [0, 0.1) is 12.8 Å². The molecule has 0 spiro atoms. The number of amides is 2. The second-order valence-corrected chi connectivity index (χ2v) is 6.35. The van der Waals surface area contributed by atoms with Gasteiger partial charge in [-0.3, -0.25) is 9.59 Å². The second kappa shape index (κ2) is 8.98. The summed E-state index contributed by atoms with van der Waals surface area (Å²) < 4.78 is 5.20. The summed E-state index contributed by atoms with van der Waals surface area (Å²) >= 11 is 0. The maximum Gasteiger partial charge on any atom is 0.241 e. The first kappa shape index (κ1) is 20.4. The van der Waals surface area contributed by atoms with Gasteiger partial charge in [0.25, 0.3) is 0 Å². The summed E-state index contributed by atoms with van der Waals surface area (Å²) in [6.45, 7) is 6.68. The van der Waals surface area contributed by atoms with E-state index in [1.165, 1.54) is 0 Å². The van der Waals surface area contributed by atoms with Gasteiger partial charge in [0.2, 0.25) is 17.7 Å². The number of carbonyl (C=O) groups excluding carboxylic acids is 2. The summed E-state index contributed by atoms with van der Waals surface area (Å²) in [6.07, 6.45) is 1.79. The molecule has 0 radical (unpaired) electrons. The molecule has 2 rings (SSSR count). The third-order valence-electron chi connectivity index (χ3n) is 4.10. The molecule has 8 nitrogen and oxygen atoms in total. The zero-order valence-corrected chi connectivity index (χ0v) is 15.1. The first-order valence-electron chi connectivity index (χ1n) is 7.99. The van der Waals surface area contributed by atoms with E-state index in [9.17, 15) is 9.59 Å². The Morgan fingerprint density at radius 3 is 2.75 bits per heavy atom. The van der Waals surface area contributed by atoms with Gasteiger partial charge in [-0.25, -0.2) is 0 Å². The molecule has 0 aliphatic carbocycles. The van der Waals surface area contributed by atoms with Gasteiger partial charge in [0.15, 0.2) is 5.82 Å². The molecular formula is C15H26ClN5O3. The van der Waals surface area contributed by atoms with Crippen LogP contribution >= 0.6 is 12.4 Å². The van der Waals surface area contributed by atoms with Gasteiger partial charge in [-0.15, -0.1) is 12.4 Å². The van der Waals surface area contributed by atoms with E-state index in [-0.39, 0.29) is 42.6 Å². The van der Waals surface area contributed by atoms with Crippen LogP contribution in [0.2, 0.25) is 0 Å². The average molecular weight is 360 g/mol. The Bertz CT molecular complexity index is 563. The van der Waals surface area contributed by atoms with E-state index < -0.39 is 6.04 Å². The molecule has 136 valence electrons. The van der Waals surface area contributed by atoms with Crippen LogP contribution in [-0.4, -0.2) is 52.5 Å². The van der Waals surface area contributed by atoms with Crippen LogP contribution in [0.3, 0.4) is 0 Å². The first-order chi connectivity index (χ1) is 10.9. The Labute approximate surface area is 147 Å². The molecule has 0 saturated carbocycles. The minimum Gasteiger partial charge on any atom is -0.346 e. The summed E-state index contributed by atoms with van der Waals surface area (Å²) in [4.78, 5) is 30.1. The smallest absolute Gasteiger partial charge is 0.241 e. The number of likely N-dealkylation sites (tertiary alicyclic amines) is 1. The number of nitrogens with zero attached hydrogens (tertiary/aromatic N) is 3. The fraction of sp³-hybridized carbons (Fsp3) is 0.733. The van der Waals surface area contributed by atoms with Gasteiger partial charge in [-0.1, -0.05) is 19.0 Å². The van der Waals surface area contributed by atoms with Crippen LogP contribution in [0.1, 0.15) is 44.3 Å². The second-order valence-electron chi connectivity index (χ2n) is 6.35. The molecular weight excluding hydrogens is 334 g/mol. The fourth-order valence-corrected chi connectivity index (χ4v) is 2.58. The number of carbonyl (C=O) groups is 2. The largest absolute Gasteiger partial charge is 0.346 e. The molecule has 1 aliphatic rings. The van der Waals surface area contributed by atoms with Crippen LogP contribution in [0.4, 0.5) is 0 Å². The number of hydrogen-bond acceptors (Lipinski definition) is 6. The van der Waals surface area contributed by atoms with Gasteiger partial charge in [0.1, 0.15) is 0 Å². The third kappa shape index (κ3) is 5.17. The highest BCUT2D eigenvalue weighted by Gasteiger charge is 2.28. The molecule has 1 fully saturated rings. The Morgan fingerprint density at radius 1 is 1.46 bits per heavy atom. The highest BCUT2D eigenvalue weighted by molar-refractivity contribution is 5.87. The lowest BCUT2D eigenvalue weighted by Gasteiger charge is -2.31. The summed E-state index contributed by atoms with van der Waals surface area (Å²) in [7, 11) is 0. The van der Waals surface area contributed by atoms with Crippen LogP contribution in [-0.2, 0) is 9.59 Å². The van der Waals surface area contributed by atoms with Gasteiger partial charge in [-0.05, 0) is 25.7 Å². The molecule has 2 atom stereocenters.